The normalized spacial score (nSPS) is 21.5. The van der Waals surface area contributed by atoms with E-state index in [2.05, 4.69) is 91.3 Å². The number of amides is 3. The standard InChI is InChI=1S/C40H41N7O3S/c1-24-20-41-37-36-31-10-12-32(43-33(31)13-14-34(36)51-38(37)40(50)42-24)27-4-8-29(9-5-27)47-22-25(23-47)21-45-16-18-46(19-17-45)28-6-2-26(3-7-28)30-11-15-35(48)44-39(30)49/h2-10,12-14,24-25,30,41H,11,15-23H2,1H3,(H,42,50)(H,44,48,49)/t24-,30?/m1/s1. The van der Waals surface area contributed by atoms with Crippen molar-refractivity contribution >= 4 is 67.1 Å². The zero-order valence-electron chi connectivity index (χ0n) is 28.7. The highest BCUT2D eigenvalue weighted by molar-refractivity contribution is 7.21. The van der Waals surface area contributed by atoms with Crippen molar-refractivity contribution in [3.05, 3.63) is 83.2 Å². The fraction of sp³-hybridized carbons (Fsp3) is 0.350. The van der Waals surface area contributed by atoms with Gasteiger partial charge in [-0.25, -0.2) is 4.98 Å². The highest BCUT2D eigenvalue weighted by Crippen LogP contribution is 2.41. The molecule has 3 saturated heterocycles. The molecule has 2 atom stereocenters. The van der Waals surface area contributed by atoms with Crippen molar-refractivity contribution in [3.63, 3.8) is 0 Å². The quantitative estimate of drug-likeness (QED) is 0.201. The Balaban J connectivity index is 0.785. The van der Waals surface area contributed by atoms with Gasteiger partial charge in [0.2, 0.25) is 11.8 Å². The third-order valence-corrected chi connectivity index (χ3v) is 12.1. The largest absolute Gasteiger partial charge is 0.381 e. The SMILES string of the molecule is C[C@@H]1CNc2c(sc3ccc4nc(-c5ccc(N6CC(CN7CCN(c8ccc(C9CCC(=O)NC9=O)cc8)CC7)C6)cc5)ccc4c23)C(=O)N1. The fourth-order valence-electron chi connectivity index (χ4n) is 8.11. The molecule has 9 rings (SSSR count). The number of piperidine rings is 1. The Morgan fingerprint density at radius 1 is 0.843 bits per heavy atom. The van der Waals surface area contributed by atoms with Crippen molar-refractivity contribution in [3.8, 4) is 11.3 Å². The van der Waals surface area contributed by atoms with Crippen molar-refractivity contribution in [1.29, 1.82) is 0 Å². The first kappa shape index (κ1) is 31.9. The van der Waals surface area contributed by atoms with Crippen LogP contribution in [0.25, 0.3) is 32.2 Å². The predicted octanol–water partition coefficient (Wildman–Crippen LogP) is 5.44. The van der Waals surface area contributed by atoms with E-state index in [9.17, 15) is 14.4 Å². The number of fused-ring (bicyclic) bond motifs is 5. The minimum Gasteiger partial charge on any atom is -0.381 e. The van der Waals surface area contributed by atoms with Crippen LogP contribution >= 0.6 is 11.3 Å². The average molecular weight is 700 g/mol. The van der Waals surface area contributed by atoms with Crippen LogP contribution in [0.3, 0.4) is 0 Å². The van der Waals surface area contributed by atoms with E-state index < -0.39 is 0 Å². The Morgan fingerprint density at radius 3 is 2.35 bits per heavy atom. The fourth-order valence-corrected chi connectivity index (χ4v) is 9.21. The number of pyridine rings is 1. The van der Waals surface area contributed by atoms with Crippen molar-refractivity contribution in [2.75, 3.05) is 67.5 Å². The van der Waals surface area contributed by atoms with Crippen LogP contribution in [0.1, 0.15) is 40.9 Å². The van der Waals surface area contributed by atoms with Gasteiger partial charge in [0.25, 0.3) is 5.91 Å². The van der Waals surface area contributed by atoms with Crippen molar-refractivity contribution < 1.29 is 14.4 Å². The number of aromatic nitrogens is 1. The second kappa shape index (κ2) is 13.0. The van der Waals surface area contributed by atoms with Crippen LogP contribution in [-0.2, 0) is 9.59 Å². The summed E-state index contributed by atoms with van der Waals surface area (Å²) in [6.07, 6.45) is 0.983. The third kappa shape index (κ3) is 6.08. The number of carbonyl (C=O) groups excluding carboxylic acids is 3. The number of piperazine rings is 1. The summed E-state index contributed by atoms with van der Waals surface area (Å²) in [5.74, 6) is 0.0608. The Bertz CT molecular complexity index is 2150. The van der Waals surface area contributed by atoms with Gasteiger partial charge in [0.05, 0.1) is 22.8 Å². The summed E-state index contributed by atoms with van der Waals surface area (Å²) in [6, 6.07) is 25.6. The van der Waals surface area contributed by atoms with E-state index in [1.54, 1.807) is 0 Å². The maximum atomic E-state index is 12.8. The number of anilines is 3. The molecule has 51 heavy (non-hydrogen) atoms. The van der Waals surface area contributed by atoms with Crippen LogP contribution < -0.4 is 25.8 Å². The second-order valence-electron chi connectivity index (χ2n) is 14.5. The predicted molar refractivity (Wildman–Crippen MR) is 204 cm³/mol. The number of benzene rings is 3. The van der Waals surface area contributed by atoms with Crippen LogP contribution in [0.15, 0.2) is 72.8 Å². The van der Waals surface area contributed by atoms with Crippen molar-refractivity contribution in [1.82, 2.24) is 20.5 Å². The summed E-state index contributed by atoms with van der Waals surface area (Å²) < 4.78 is 1.09. The van der Waals surface area contributed by atoms with Crippen LogP contribution in [0.5, 0.6) is 0 Å². The third-order valence-electron chi connectivity index (χ3n) is 11.0. The first-order valence-electron chi connectivity index (χ1n) is 18.0. The van der Waals surface area contributed by atoms with Crippen LogP contribution in [-0.4, -0.2) is 86.0 Å². The van der Waals surface area contributed by atoms with Gasteiger partial charge in [0, 0.05) is 103 Å². The van der Waals surface area contributed by atoms with E-state index in [1.165, 1.54) is 22.7 Å². The van der Waals surface area contributed by atoms with Gasteiger partial charge < -0.3 is 20.4 Å². The smallest absolute Gasteiger partial charge is 0.263 e. The second-order valence-corrected chi connectivity index (χ2v) is 15.5. The molecule has 3 fully saturated rings. The summed E-state index contributed by atoms with van der Waals surface area (Å²) in [7, 11) is 0. The van der Waals surface area contributed by atoms with Gasteiger partial charge in [0.15, 0.2) is 0 Å². The number of imide groups is 1. The number of carbonyl (C=O) groups is 3. The number of rotatable bonds is 6. The summed E-state index contributed by atoms with van der Waals surface area (Å²) in [5, 5.41) is 11.2. The lowest BCUT2D eigenvalue weighted by molar-refractivity contribution is -0.134. The van der Waals surface area contributed by atoms with E-state index in [-0.39, 0.29) is 29.7 Å². The van der Waals surface area contributed by atoms with Gasteiger partial charge in [-0.15, -0.1) is 11.3 Å². The molecule has 3 amide bonds. The van der Waals surface area contributed by atoms with E-state index in [4.69, 9.17) is 4.98 Å². The molecule has 11 heteroatoms. The number of nitrogens with zero attached hydrogens (tertiary/aromatic N) is 4. The monoisotopic (exact) mass is 699 g/mol. The van der Waals surface area contributed by atoms with Crippen LogP contribution in [0.2, 0.25) is 0 Å². The van der Waals surface area contributed by atoms with Gasteiger partial charge in [-0.3, -0.25) is 24.6 Å². The minimum absolute atomic E-state index is 0.0116. The van der Waals surface area contributed by atoms with Gasteiger partial charge in [-0.05, 0) is 67.4 Å². The Labute approximate surface area is 300 Å². The van der Waals surface area contributed by atoms with Crippen molar-refractivity contribution in [2.45, 2.75) is 31.7 Å². The topological polar surface area (TPSA) is 110 Å². The van der Waals surface area contributed by atoms with E-state index >= 15 is 0 Å². The molecule has 2 aromatic heterocycles. The van der Waals surface area contributed by atoms with E-state index in [1.807, 2.05) is 19.1 Å². The molecule has 0 bridgehead atoms. The summed E-state index contributed by atoms with van der Waals surface area (Å²) in [5.41, 5.74) is 7.32. The minimum atomic E-state index is -0.237. The zero-order chi connectivity index (χ0) is 34.6. The van der Waals surface area contributed by atoms with Gasteiger partial charge in [-0.1, -0.05) is 24.3 Å². The number of thiophene rings is 1. The molecule has 10 nitrogen and oxygen atoms in total. The number of nitrogens with one attached hydrogen (secondary N) is 3. The van der Waals surface area contributed by atoms with E-state index in [0.717, 1.165) is 94.2 Å². The molecule has 0 aliphatic carbocycles. The van der Waals surface area contributed by atoms with Crippen LogP contribution in [0.4, 0.5) is 17.1 Å². The van der Waals surface area contributed by atoms with Crippen molar-refractivity contribution in [2.24, 2.45) is 5.92 Å². The highest BCUT2D eigenvalue weighted by Gasteiger charge is 2.31. The van der Waals surface area contributed by atoms with Gasteiger partial charge in [-0.2, -0.15) is 0 Å². The first-order valence-corrected chi connectivity index (χ1v) is 18.9. The average Bonchev–Trinajstić information content (AvgIpc) is 3.45. The maximum Gasteiger partial charge on any atom is 0.263 e. The number of hydrogen-bond donors (Lipinski definition) is 3. The molecule has 3 aromatic carbocycles. The molecule has 0 saturated carbocycles. The zero-order valence-corrected chi connectivity index (χ0v) is 29.5. The summed E-state index contributed by atoms with van der Waals surface area (Å²) in [4.78, 5) is 49.8. The maximum absolute atomic E-state index is 12.8. The number of hydrogen-bond acceptors (Lipinski definition) is 9. The molecule has 6 heterocycles. The summed E-state index contributed by atoms with van der Waals surface area (Å²) in [6.45, 7) is 10.1. The molecule has 260 valence electrons. The lowest BCUT2D eigenvalue weighted by atomic mass is 9.90. The first-order chi connectivity index (χ1) is 24.9. The Morgan fingerprint density at radius 2 is 1.59 bits per heavy atom. The molecule has 4 aliphatic heterocycles. The Kier molecular flexibility index (Phi) is 8.12. The van der Waals surface area contributed by atoms with Gasteiger partial charge >= 0.3 is 0 Å². The lowest BCUT2D eigenvalue weighted by Crippen LogP contribution is -2.55. The molecule has 1 unspecified atom stereocenters. The molecule has 0 spiro atoms. The molecular formula is C40H41N7O3S. The molecule has 0 radical (unpaired) electrons. The van der Waals surface area contributed by atoms with Gasteiger partial charge in [0.1, 0.15) is 4.88 Å². The molecular weight excluding hydrogens is 659 g/mol. The summed E-state index contributed by atoms with van der Waals surface area (Å²) >= 11 is 1.54. The molecule has 5 aromatic rings. The highest BCUT2D eigenvalue weighted by atomic mass is 32.1. The van der Waals surface area contributed by atoms with E-state index in [0.29, 0.717) is 25.3 Å². The Hall–Kier alpha value is -5.00. The molecule has 3 N–H and O–H groups in total. The lowest BCUT2D eigenvalue weighted by Gasteiger charge is -2.45. The van der Waals surface area contributed by atoms with Crippen LogP contribution in [0, 0.1) is 5.92 Å². The molecule has 4 aliphatic rings.